The molecule has 0 radical (unpaired) electrons. The van der Waals surface area contributed by atoms with Crippen molar-refractivity contribution in [2.45, 2.75) is 25.7 Å². The maximum atomic E-state index is 12.5. The zero-order valence-corrected chi connectivity index (χ0v) is 17.0. The van der Waals surface area contributed by atoms with Gasteiger partial charge < -0.3 is 5.11 Å². The van der Waals surface area contributed by atoms with Crippen molar-refractivity contribution in [3.8, 4) is 11.3 Å². The van der Waals surface area contributed by atoms with Crippen molar-refractivity contribution in [1.82, 2.24) is 18.6 Å². The number of aryl methyl sites for hydroxylation is 1. The quantitative estimate of drug-likeness (QED) is 0.819. The molecular weight excluding hydrogens is 380 g/mol. The average molecular weight is 404 g/mol. The molecule has 0 amide bonds. The topological polar surface area (TPSA) is 104 Å². The summed E-state index contributed by atoms with van der Waals surface area (Å²) in [5.41, 5.74) is 2.30. The smallest absolute Gasteiger partial charge is 0.335 e. The van der Waals surface area contributed by atoms with Crippen LogP contribution in [0.4, 0.5) is 0 Å². The van der Waals surface area contributed by atoms with E-state index in [1.54, 1.807) is 19.1 Å². The number of aromatic nitrogens is 2. The Morgan fingerprint density at radius 1 is 1.25 bits per heavy atom. The number of carboxylic acids is 1. The van der Waals surface area contributed by atoms with Crippen LogP contribution in [0.25, 0.3) is 11.3 Å². The normalized spacial score (nSPS) is 18.4. The third-order valence-corrected chi connectivity index (χ3v) is 6.76. The Bertz CT molecular complexity index is 991. The maximum Gasteiger partial charge on any atom is 0.335 e. The summed E-state index contributed by atoms with van der Waals surface area (Å²) in [6.07, 6.45) is 1.59. The first-order valence-electron chi connectivity index (χ1n) is 9.05. The molecule has 0 spiro atoms. The van der Waals surface area contributed by atoms with Gasteiger partial charge in [-0.1, -0.05) is 12.1 Å². The molecule has 1 aromatic carbocycles. The summed E-state index contributed by atoms with van der Waals surface area (Å²) in [6.45, 7) is 2.64. The molecule has 1 atom stereocenters. The first kappa shape index (κ1) is 20.4. The van der Waals surface area contributed by atoms with Crippen molar-refractivity contribution in [2.75, 3.05) is 27.2 Å². The minimum atomic E-state index is -3.47. The van der Waals surface area contributed by atoms with E-state index in [0.29, 0.717) is 30.2 Å². The van der Waals surface area contributed by atoms with Gasteiger partial charge in [0.15, 0.2) is 0 Å². The number of hydrogen-bond acceptors (Lipinski definition) is 5. The van der Waals surface area contributed by atoms with Gasteiger partial charge in [-0.05, 0) is 38.0 Å². The summed E-state index contributed by atoms with van der Waals surface area (Å²) in [7, 11) is -0.412. The average Bonchev–Trinajstić information content (AvgIpc) is 2.67. The Labute approximate surface area is 165 Å². The minimum Gasteiger partial charge on any atom is -0.478 e. The van der Waals surface area contributed by atoms with Crippen LogP contribution in [0, 0.1) is 6.92 Å². The maximum absolute atomic E-state index is 12.5. The molecule has 1 aliphatic heterocycles. The molecule has 1 saturated heterocycles. The standard InChI is InChI=1S/C19H24N4O4S/c1-13-20-17(14-6-4-7-15(10-14)19(24)25)11-18(21-13)16-8-5-9-23(12-16)28(26,27)22(2)3/h4,6-7,10-11,16H,5,8-9,12H2,1-3H3,(H,24,25)/t16-/m1/s1. The van der Waals surface area contributed by atoms with Crippen LogP contribution in [-0.4, -0.2) is 65.3 Å². The van der Waals surface area contributed by atoms with E-state index >= 15 is 0 Å². The lowest BCUT2D eigenvalue weighted by Gasteiger charge is -2.33. The monoisotopic (exact) mass is 404 g/mol. The molecule has 0 unspecified atom stereocenters. The minimum absolute atomic E-state index is 0.0356. The molecule has 2 heterocycles. The van der Waals surface area contributed by atoms with Crippen LogP contribution in [0.1, 0.15) is 40.6 Å². The Kier molecular flexibility index (Phi) is 5.78. The lowest BCUT2D eigenvalue weighted by atomic mass is 9.94. The van der Waals surface area contributed by atoms with E-state index < -0.39 is 16.2 Å². The first-order valence-corrected chi connectivity index (χ1v) is 10.4. The second-order valence-corrected chi connectivity index (χ2v) is 9.24. The predicted octanol–water partition coefficient (Wildman–Crippen LogP) is 2.14. The molecule has 1 fully saturated rings. The van der Waals surface area contributed by atoms with Gasteiger partial charge in [-0.3, -0.25) is 0 Å². The number of nitrogens with zero attached hydrogens (tertiary/aromatic N) is 4. The molecule has 3 rings (SSSR count). The number of rotatable bonds is 5. The summed E-state index contributed by atoms with van der Waals surface area (Å²) in [5.74, 6) is -0.461. The van der Waals surface area contributed by atoms with Crippen molar-refractivity contribution in [2.24, 2.45) is 0 Å². The van der Waals surface area contributed by atoms with E-state index in [2.05, 4.69) is 9.97 Å². The number of piperidine rings is 1. The summed E-state index contributed by atoms with van der Waals surface area (Å²) >= 11 is 0. The van der Waals surface area contributed by atoms with Gasteiger partial charge in [0.1, 0.15) is 5.82 Å². The van der Waals surface area contributed by atoms with Crippen LogP contribution in [0.2, 0.25) is 0 Å². The van der Waals surface area contributed by atoms with E-state index in [4.69, 9.17) is 0 Å². The number of carbonyl (C=O) groups is 1. The van der Waals surface area contributed by atoms with Crippen LogP contribution >= 0.6 is 0 Å². The van der Waals surface area contributed by atoms with Gasteiger partial charge in [0, 0.05) is 44.4 Å². The van der Waals surface area contributed by atoms with Crippen LogP contribution in [0.5, 0.6) is 0 Å². The molecule has 1 aliphatic rings. The van der Waals surface area contributed by atoms with Crippen LogP contribution in [0.15, 0.2) is 30.3 Å². The van der Waals surface area contributed by atoms with E-state index in [9.17, 15) is 18.3 Å². The highest BCUT2D eigenvalue weighted by atomic mass is 32.2. The Morgan fingerprint density at radius 2 is 2.00 bits per heavy atom. The highest BCUT2D eigenvalue weighted by Crippen LogP contribution is 2.30. The third-order valence-electron chi connectivity index (χ3n) is 4.85. The zero-order chi connectivity index (χ0) is 20.5. The highest BCUT2D eigenvalue weighted by Gasteiger charge is 2.32. The molecule has 0 bridgehead atoms. The molecule has 9 heteroatoms. The summed E-state index contributed by atoms with van der Waals surface area (Å²) in [6, 6.07) is 8.44. The largest absolute Gasteiger partial charge is 0.478 e. The van der Waals surface area contributed by atoms with Crippen LogP contribution in [0.3, 0.4) is 0 Å². The van der Waals surface area contributed by atoms with Crippen molar-refractivity contribution >= 4 is 16.2 Å². The Morgan fingerprint density at radius 3 is 2.68 bits per heavy atom. The number of hydrogen-bond donors (Lipinski definition) is 1. The zero-order valence-electron chi connectivity index (χ0n) is 16.2. The fourth-order valence-electron chi connectivity index (χ4n) is 3.38. The van der Waals surface area contributed by atoms with E-state index in [1.165, 1.54) is 28.8 Å². The van der Waals surface area contributed by atoms with Crippen molar-refractivity contribution in [3.05, 3.63) is 47.4 Å². The molecule has 0 saturated carbocycles. The summed E-state index contributed by atoms with van der Waals surface area (Å²) in [4.78, 5) is 20.2. The number of benzene rings is 1. The summed E-state index contributed by atoms with van der Waals surface area (Å²) < 4.78 is 27.7. The van der Waals surface area contributed by atoms with Gasteiger partial charge in [-0.15, -0.1) is 0 Å². The first-order chi connectivity index (χ1) is 13.2. The molecular formula is C19H24N4O4S. The lowest BCUT2D eigenvalue weighted by molar-refractivity contribution is 0.0697. The second kappa shape index (κ2) is 7.94. The van der Waals surface area contributed by atoms with Crippen LogP contribution < -0.4 is 0 Å². The number of aromatic carboxylic acids is 1. The van der Waals surface area contributed by atoms with Gasteiger partial charge in [0.25, 0.3) is 10.2 Å². The van der Waals surface area contributed by atoms with E-state index in [0.717, 1.165) is 18.5 Å². The number of carboxylic acid groups (broad SMARTS) is 1. The predicted molar refractivity (Wildman–Crippen MR) is 105 cm³/mol. The fraction of sp³-hybridized carbons (Fsp3) is 0.421. The molecule has 1 N–H and O–H groups in total. The summed E-state index contributed by atoms with van der Waals surface area (Å²) in [5, 5.41) is 9.22. The van der Waals surface area contributed by atoms with Gasteiger partial charge in [0.2, 0.25) is 0 Å². The second-order valence-electron chi connectivity index (χ2n) is 7.10. The molecule has 150 valence electrons. The molecule has 1 aromatic heterocycles. The lowest BCUT2D eigenvalue weighted by Crippen LogP contribution is -2.45. The van der Waals surface area contributed by atoms with Crippen molar-refractivity contribution in [1.29, 1.82) is 0 Å². The van der Waals surface area contributed by atoms with E-state index in [1.807, 2.05) is 12.1 Å². The van der Waals surface area contributed by atoms with Gasteiger partial charge in [0.05, 0.1) is 11.3 Å². The Balaban J connectivity index is 1.93. The molecule has 28 heavy (non-hydrogen) atoms. The Hall–Kier alpha value is -2.36. The van der Waals surface area contributed by atoms with E-state index in [-0.39, 0.29) is 11.5 Å². The highest BCUT2D eigenvalue weighted by molar-refractivity contribution is 7.86. The molecule has 8 nitrogen and oxygen atoms in total. The van der Waals surface area contributed by atoms with Crippen molar-refractivity contribution < 1.29 is 18.3 Å². The SMILES string of the molecule is Cc1nc(-c2cccc(C(=O)O)c2)cc([C@@H]2CCCN(S(=O)(=O)N(C)C)C2)n1. The van der Waals surface area contributed by atoms with Gasteiger partial charge in [-0.25, -0.2) is 14.8 Å². The fourth-order valence-corrected chi connectivity index (χ4v) is 4.57. The van der Waals surface area contributed by atoms with Crippen molar-refractivity contribution in [3.63, 3.8) is 0 Å². The van der Waals surface area contributed by atoms with Gasteiger partial charge in [-0.2, -0.15) is 17.0 Å². The third kappa shape index (κ3) is 4.21. The molecule has 0 aliphatic carbocycles. The van der Waals surface area contributed by atoms with Crippen LogP contribution in [-0.2, 0) is 10.2 Å². The molecule has 2 aromatic rings. The van der Waals surface area contributed by atoms with Gasteiger partial charge >= 0.3 is 5.97 Å².